The zero-order chi connectivity index (χ0) is 23.9. The van der Waals surface area contributed by atoms with Crippen molar-refractivity contribution in [1.29, 1.82) is 0 Å². The maximum absolute atomic E-state index is 12.2. The zero-order valence-corrected chi connectivity index (χ0v) is 19.4. The van der Waals surface area contributed by atoms with E-state index in [9.17, 15) is 4.79 Å². The van der Waals surface area contributed by atoms with Gasteiger partial charge in [0.2, 0.25) is 0 Å². The monoisotopic (exact) mass is 457 g/mol. The third-order valence-electron chi connectivity index (χ3n) is 5.46. The number of hydrogen-bond acceptors (Lipinski definition) is 6. The van der Waals surface area contributed by atoms with Crippen molar-refractivity contribution in [2.45, 2.75) is 6.42 Å². The van der Waals surface area contributed by atoms with Crippen molar-refractivity contribution >= 4 is 34.1 Å². The zero-order valence-electron chi connectivity index (χ0n) is 19.4. The highest BCUT2D eigenvalue weighted by molar-refractivity contribution is 5.99. The molecule has 4 rings (SSSR count). The highest BCUT2D eigenvalue weighted by Gasteiger charge is 2.13. The van der Waals surface area contributed by atoms with Crippen LogP contribution >= 0.6 is 0 Å². The molecule has 0 saturated carbocycles. The Hall–Kier alpha value is -4.33. The van der Waals surface area contributed by atoms with Gasteiger partial charge >= 0.3 is 6.03 Å². The summed E-state index contributed by atoms with van der Waals surface area (Å²) in [5.41, 5.74) is 3.42. The minimum absolute atomic E-state index is 0.276. The van der Waals surface area contributed by atoms with Crippen molar-refractivity contribution in [2.24, 2.45) is 0 Å². The van der Waals surface area contributed by atoms with E-state index < -0.39 is 0 Å². The minimum atomic E-state index is -0.276. The topological polar surface area (TPSA) is 88.6 Å². The Morgan fingerprint density at radius 3 is 2.21 bits per heavy atom. The lowest BCUT2D eigenvalue weighted by atomic mass is 10.1. The summed E-state index contributed by atoms with van der Waals surface area (Å²) < 4.78 is 10.8. The molecule has 0 spiro atoms. The molecule has 1 aromatic heterocycles. The fourth-order valence-corrected chi connectivity index (χ4v) is 3.65. The fraction of sp³-hybridized carbons (Fsp3) is 0.192. The molecule has 8 nitrogen and oxygen atoms in total. The van der Waals surface area contributed by atoms with E-state index in [2.05, 4.69) is 25.5 Å². The van der Waals surface area contributed by atoms with Gasteiger partial charge in [-0.05, 0) is 42.3 Å². The molecular formula is C26H27N5O3. The van der Waals surface area contributed by atoms with Gasteiger partial charge in [0.25, 0.3) is 0 Å². The number of likely N-dealkylation sites (N-methyl/N-ethyl adjacent to an activating group) is 1. The largest absolute Gasteiger partial charge is 0.493 e. The van der Waals surface area contributed by atoms with E-state index in [1.165, 1.54) is 0 Å². The van der Waals surface area contributed by atoms with Crippen LogP contribution < -0.4 is 25.0 Å². The number of ether oxygens (including phenoxy) is 2. The molecule has 3 aromatic carbocycles. The Kier molecular flexibility index (Phi) is 7.07. The number of hydrogen-bond donors (Lipinski definition) is 2. The van der Waals surface area contributed by atoms with Crippen LogP contribution in [0.2, 0.25) is 0 Å². The van der Waals surface area contributed by atoms with Crippen molar-refractivity contribution in [2.75, 3.05) is 43.3 Å². The number of para-hydroxylation sites is 1. The Morgan fingerprint density at radius 1 is 0.882 bits per heavy atom. The molecule has 1 heterocycles. The first kappa shape index (κ1) is 22.8. The number of urea groups is 1. The molecule has 2 amide bonds. The predicted octanol–water partition coefficient (Wildman–Crippen LogP) is 4.97. The molecule has 4 aromatic rings. The third kappa shape index (κ3) is 5.35. The quantitative estimate of drug-likeness (QED) is 0.388. The minimum Gasteiger partial charge on any atom is -0.493 e. The van der Waals surface area contributed by atoms with Crippen molar-refractivity contribution in [3.63, 3.8) is 0 Å². The van der Waals surface area contributed by atoms with Gasteiger partial charge in [-0.1, -0.05) is 30.3 Å². The first-order valence-electron chi connectivity index (χ1n) is 10.9. The van der Waals surface area contributed by atoms with Crippen LogP contribution in [0.1, 0.15) is 5.56 Å². The first-order chi connectivity index (χ1) is 16.6. The van der Waals surface area contributed by atoms with Gasteiger partial charge in [-0.3, -0.25) is 0 Å². The molecule has 0 atom stereocenters. The first-order valence-corrected chi connectivity index (χ1v) is 10.9. The highest BCUT2D eigenvalue weighted by Crippen LogP contribution is 2.34. The van der Waals surface area contributed by atoms with E-state index in [0.29, 0.717) is 11.5 Å². The van der Waals surface area contributed by atoms with Gasteiger partial charge in [0.1, 0.15) is 12.1 Å². The molecule has 0 aliphatic heterocycles. The van der Waals surface area contributed by atoms with Crippen molar-refractivity contribution < 1.29 is 14.3 Å². The van der Waals surface area contributed by atoms with Crippen molar-refractivity contribution in [3.8, 4) is 11.5 Å². The van der Waals surface area contributed by atoms with Gasteiger partial charge in [0.05, 0.1) is 19.7 Å². The second-order valence-electron chi connectivity index (χ2n) is 7.74. The number of nitrogens with zero attached hydrogens (tertiary/aromatic N) is 3. The van der Waals surface area contributed by atoms with E-state index >= 15 is 0 Å². The SMILES string of the molecule is COc1cc2ncnc(N(C)CCc3ccc(NC(=O)Nc4ccccc4)cc3)c2cc1OC. The summed E-state index contributed by atoms with van der Waals surface area (Å²) in [5, 5.41) is 6.55. The number of nitrogens with one attached hydrogen (secondary N) is 2. The van der Waals surface area contributed by atoms with Crippen LogP contribution in [-0.2, 0) is 6.42 Å². The van der Waals surface area contributed by atoms with Crippen LogP contribution in [0.15, 0.2) is 73.1 Å². The number of amides is 2. The smallest absolute Gasteiger partial charge is 0.323 e. The molecule has 0 aliphatic carbocycles. The molecule has 8 heteroatoms. The van der Waals surface area contributed by atoms with Gasteiger partial charge in [0.15, 0.2) is 11.5 Å². The fourth-order valence-electron chi connectivity index (χ4n) is 3.65. The Labute approximate surface area is 198 Å². The van der Waals surface area contributed by atoms with Gasteiger partial charge in [-0.15, -0.1) is 0 Å². The van der Waals surface area contributed by atoms with Crippen LogP contribution in [0, 0.1) is 0 Å². The van der Waals surface area contributed by atoms with E-state index in [4.69, 9.17) is 9.47 Å². The van der Waals surface area contributed by atoms with Crippen LogP contribution in [0.25, 0.3) is 10.9 Å². The highest BCUT2D eigenvalue weighted by atomic mass is 16.5. The summed E-state index contributed by atoms with van der Waals surface area (Å²) in [6.45, 7) is 0.752. The number of fused-ring (bicyclic) bond motifs is 1. The van der Waals surface area contributed by atoms with Gasteiger partial charge < -0.3 is 25.0 Å². The molecule has 0 aliphatic rings. The van der Waals surface area contributed by atoms with Crippen LogP contribution in [-0.4, -0.2) is 43.8 Å². The van der Waals surface area contributed by atoms with Crippen LogP contribution in [0.5, 0.6) is 11.5 Å². The Morgan fingerprint density at radius 2 is 1.53 bits per heavy atom. The summed E-state index contributed by atoms with van der Waals surface area (Å²) >= 11 is 0. The second kappa shape index (κ2) is 10.5. The average molecular weight is 458 g/mol. The molecule has 2 N–H and O–H groups in total. The second-order valence-corrected chi connectivity index (χ2v) is 7.74. The normalized spacial score (nSPS) is 10.6. The summed E-state index contributed by atoms with van der Waals surface area (Å²) in [4.78, 5) is 23.1. The summed E-state index contributed by atoms with van der Waals surface area (Å²) in [6, 6.07) is 20.6. The van der Waals surface area contributed by atoms with E-state index in [0.717, 1.165) is 46.6 Å². The van der Waals surface area contributed by atoms with Gasteiger partial charge in [0, 0.05) is 36.4 Å². The predicted molar refractivity (Wildman–Crippen MR) is 135 cm³/mol. The number of carbonyl (C=O) groups excluding carboxylic acids is 1. The summed E-state index contributed by atoms with van der Waals surface area (Å²) in [6.07, 6.45) is 2.37. The van der Waals surface area contributed by atoms with E-state index in [-0.39, 0.29) is 6.03 Å². The number of methoxy groups -OCH3 is 2. The lowest BCUT2D eigenvalue weighted by Gasteiger charge is -2.20. The summed E-state index contributed by atoms with van der Waals surface area (Å²) in [7, 11) is 5.22. The standard InChI is InChI=1S/C26H27N5O3/c1-31(25-21-15-23(33-2)24(34-3)16-22(21)27-17-28-25)14-13-18-9-11-20(12-10-18)30-26(32)29-19-7-5-4-6-8-19/h4-12,15-17H,13-14H2,1-3H3,(H2,29,30,32). The number of benzene rings is 3. The molecule has 0 fully saturated rings. The Bertz CT molecular complexity index is 1260. The molecular weight excluding hydrogens is 430 g/mol. The Balaban J connectivity index is 1.39. The molecule has 0 bridgehead atoms. The van der Waals surface area contributed by atoms with E-state index in [1.807, 2.05) is 73.8 Å². The molecule has 0 radical (unpaired) electrons. The lowest BCUT2D eigenvalue weighted by molar-refractivity contribution is 0.262. The molecule has 0 saturated heterocycles. The number of carbonyl (C=O) groups is 1. The number of aromatic nitrogens is 2. The number of rotatable bonds is 8. The van der Waals surface area contributed by atoms with Crippen molar-refractivity contribution in [3.05, 3.63) is 78.6 Å². The molecule has 0 unspecified atom stereocenters. The van der Waals surface area contributed by atoms with Crippen LogP contribution in [0.3, 0.4) is 0 Å². The maximum Gasteiger partial charge on any atom is 0.323 e. The number of anilines is 3. The van der Waals surface area contributed by atoms with Gasteiger partial charge in [-0.25, -0.2) is 14.8 Å². The van der Waals surface area contributed by atoms with Gasteiger partial charge in [-0.2, -0.15) is 0 Å². The lowest BCUT2D eigenvalue weighted by Crippen LogP contribution is -2.22. The summed E-state index contributed by atoms with van der Waals surface area (Å²) in [5.74, 6) is 2.09. The maximum atomic E-state index is 12.2. The molecule has 34 heavy (non-hydrogen) atoms. The van der Waals surface area contributed by atoms with Crippen molar-refractivity contribution in [1.82, 2.24) is 9.97 Å². The third-order valence-corrected chi connectivity index (χ3v) is 5.46. The molecule has 174 valence electrons. The average Bonchev–Trinajstić information content (AvgIpc) is 2.87. The van der Waals surface area contributed by atoms with Crippen LogP contribution in [0.4, 0.5) is 22.0 Å². The van der Waals surface area contributed by atoms with E-state index in [1.54, 1.807) is 20.5 Å².